The number of rotatable bonds is 8. The third kappa shape index (κ3) is 5.49. The first kappa shape index (κ1) is 13.7. The molecule has 17 heavy (non-hydrogen) atoms. The fourth-order valence-electron chi connectivity index (χ4n) is 1.19. The molecule has 0 aliphatic heterocycles. The summed E-state index contributed by atoms with van der Waals surface area (Å²) in [6.45, 7) is 2.90. The van der Waals surface area contributed by atoms with Crippen LogP contribution in [0.15, 0.2) is 24.5 Å². The zero-order valence-corrected chi connectivity index (χ0v) is 9.97. The van der Waals surface area contributed by atoms with Gasteiger partial charge in [0.1, 0.15) is 0 Å². The van der Waals surface area contributed by atoms with E-state index in [0.29, 0.717) is 6.61 Å². The maximum Gasteiger partial charge on any atom is 0.366 e. The highest BCUT2D eigenvalue weighted by molar-refractivity contribution is 5.74. The predicted molar refractivity (Wildman–Crippen MR) is 61.3 cm³/mol. The fourth-order valence-corrected chi connectivity index (χ4v) is 1.19. The fraction of sp³-hybridized carbons (Fsp3) is 0.583. The van der Waals surface area contributed by atoms with Crippen molar-refractivity contribution in [3.63, 3.8) is 0 Å². The van der Waals surface area contributed by atoms with Crippen LogP contribution in [-0.4, -0.2) is 30.1 Å². The van der Waals surface area contributed by atoms with Crippen molar-refractivity contribution in [1.82, 2.24) is 4.73 Å². The van der Waals surface area contributed by atoms with Crippen molar-refractivity contribution in [3.05, 3.63) is 24.5 Å². The number of unbranched alkanes of at least 4 members (excludes halogenated alkanes) is 1. The van der Waals surface area contributed by atoms with Crippen LogP contribution in [0.2, 0.25) is 0 Å². The molecule has 0 spiro atoms. The number of nitrogens with zero attached hydrogens (tertiary/aromatic N) is 1. The van der Waals surface area contributed by atoms with Crippen LogP contribution < -0.4 is 4.84 Å². The van der Waals surface area contributed by atoms with Crippen LogP contribution in [0, 0.1) is 0 Å². The highest BCUT2D eigenvalue weighted by atomic mass is 19.1. The van der Waals surface area contributed by atoms with Crippen LogP contribution in [-0.2, 0) is 9.53 Å². The Labute approximate surface area is 100 Å². The Morgan fingerprint density at radius 3 is 2.71 bits per heavy atom. The monoisotopic (exact) mass is 243 g/mol. The Bertz CT molecular complexity index is 314. The number of hydrogen-bond acceptors (Lipinski definition) is 3. The van der Waals surface area contributed by atoms with Crippen molar-refractivity contribution < 1.29 is 18.8 Å². The average molecular weight is 243 g/mol. The van der Waals surface area contributed by atoms with Gasteiger partial charge < -0.3 is 9.57 Å². The van der Waals surface area contributed by atoms with Gasteiger partial charge in [0.2, 0.25) is 6.17 Å². The molecule has 1 atom stereocenters. The van der Waals surface area contributed by atoms with E-state index in [2.05, 4.69) is 6.92 Å². The molecule has 1 unspecified atom stereocenters. The third-order valence-corrected chi connectivity index (χ3v) is 2.19. The van der Waals surface area contributed by atoms with E-state index >= 15 is 0 Å². The molecule has 0 fully saturated rings. The van der Waals surface area contributed by atoms with E-state index in [0.717, 1.165) is 12.8 Å². The molecular formula is C12H18FNO3. The van der Waals surface area contributed by atoms with Crippen molar-refractivity contribution in [2.45, 2.75) is 32.4 Å². The molecule has 0 saturated heterocycles. The third-order valence-electron chi connectivity index (χ3n) is 2.19. The Balaban J connectivity index is 2.14. The van der Waals surface area contributed by atoms with E-state index in [1.54, 1.807) is 12.1 Å². The minimum absolute atomic E-state index is 0.0316. The molecular weight excluding hydrogens is 225 g/mol. The van der Waals surface area contributed by atoms with Crippen molar-refractivity contribution >= 4 is 5.97 Å². The Morgan fingerprint density at radius 1 is 1.35 bits per heavy atom. The Morgan fingerprint density at radius 2 is 2.06 bits per heavy atom. The van der Waals surface area contributed by atoms with Crippen LogP contribution in [0.3, 0.4) is 0 Å². The predicted octanol–water partition coefficient (Wildman–Crippen LogP) is 1.99. The maximum atomic E-state index is 13.3. The minimum Gasteiger partial charge on any atom is -0.381 e. The van der Waals surface area contributed by atoms with Crippen molar-refractivity contribution in [2.75, 3.05) is 13.2 Å². The van der Waals surface area contributed by atoms with Gasteiger partial charge in [-0.3, -0.25) is 0 Å². The second-order valence-electron chi connectivity index (χ2n) is 3.68. The number of aromatic nitrogens is 1. The van der Waals surface area contributed by atoms with Crippen LogP contribution in [0.4, 0.5) is 4.39 Å². The molecule has 0 N–H and O–H groups in total. The lowest BCUT2D eigenvalue weighted by Gasteiger charge is -2.08. The summed E-state index contributed by atoms with van der Waals surface area (Å²) in [6, 6.07) is 3.38. The quantitative estimate of drug-likeness (QED) is 0.655. The lowest BCUT2D eigenvalue weighted by atomic mass is 10.3. The summed E-state index contributed by atoms with van der Waals surface area (Å²) in [5.74, 6) is -0.889. The molecule has 0 bridgehead atoms. The molecule has 0 aliphatic carbocycles. The molecule has 0 aliphatic rings. The number of hydrogen-bond donors (Lipinski definition) is 0. The lowest BCUT2D eigenvalue weighted by molar-refractivity contribution is -0.150. The van der Waals surface area contributed by atoms with Crippen LogP contribution in [0.1, 0.15) is 26.2 Å². The first-order valence-electron chi connectivity index (χ1n) is 5.81. The van der Waals surface area contributed by atoms with Gasteiger partial charge >= 0.3 is 5.97 Å². The number of carbonyl (C=O) groups excluding carboxylic acids is 1. The van der Waals surface area contributed by atoms with Gasteiger partial charge in [0, 0.05) is 32.0 Å². The van der Waals surface area contributed by atoms with Gasteiger partial charge in [0.05, 0.1) is 0 Å². The summed E-state index contributed by atoms with van der Waals surface area (Å²) in [5.41, 5.74) is 0. The molecule has 0 aromatic carbocycles. The van der Waals surface area contributed by atoms with Gasteiger partial charge in [-0.05, 0) is 18.6 Å². The summed E-state index contributed by atoms with van der Waals surface area (Å²) < 4.78 is 19.7. The van der Waals surface area contributed by atoms with Crippen molar-refractivity contribution in [1.29, 1.82) is 0 Å². The van der Waals surface area contributed by atoms with E-state index in [4.69, 9.17) is 9.57 Å². The standard InChI is InChI=1S/C12H18FNO3/c1-2-3-9-16-10-6-11(13)12(15)17-14-7-4-5-8-14/h4-5,7-8,11H,2-3,6,9-10H2,1H3. The molecule has 1 aromatic rings. The van der Waals surface area contributed by atoms with Gasteiger partial charge in [-0.2, -0.15) is 4.73 Å². The molecule has 1 heterocycles. The molecule has 0 saturated carbocycles. The van der Waals surface area contributed by atoms with Gasteiger partial charge in [0.25, 0.3) is 0 Å². The Kier molecular flexibility index (Phi) is 6.32. The highest BCUT2D eigenvalue weighted by Gasteiger charge is 2.19. The smallest absolute Gasteiger partial charge is 0.366 e. The average Bonchev–Trinajstić information content (AvgIpc) is 2.81. The van der Waals surface area contributed by atoms with Gasteiger partial charge in [0.15, 0.2) is 0 Å². The van der Waals surface area contributed by atoms with Crippen molar-refractivity contribution in [2.24, 2.45) is 0 Å². The molecule has 5 heteroatoms. The van der Waals surface area contributed by atoms with Crippen LogP contribution >= 0.6 is 0 Å². The van der Waals surface area contributed by atoms with Gasteiger partial charge in [-0.1, -0.05) is 13.3 Å². The lowest BCUT2D eigenvalue weighted by Crippen LogP contribution is -2.28. The minimum atomic E-state index is -1.64. The largest absolute Gasteiger partial charge is 0.381 e. The second-order valence-corrected chi connectivity index (χ2v) is 3.68. The van der Waals surface area contributed by atoms with E-state index in [1.807, 2.05) is 0 Å². The van der Waals surface area contributed by atoms with Crippen molar-refractivity contribution in [3.8, 4) is 0 Å². The summed E-state index contributed by atoms with van der Waals surface area (Å²) in [7, 11) is 0. The molecule has 96 valence electrons. The zero-order chi connectivity index (χ0) is 12.5. The SMILES string of the molecule is CCCCOCCC(F)C(=O)On1cccc1. The molecule has 1 rings (SSSR count). The summed E-state index contributed by atoms with van der Waals surface area (Å²) in [4.78, 5) is 16.0. The van der Waals surface area contributed by atoms with E-state index < -0.39 is 12.1 Å². The summed E-state index contributed by atoms with van der Waals surface area (Å²) >= 11 is 0. The summed E-state index contributed by atoms with van der Waals surface area (Å²) in [6.07, 6.45) is 3.44. The van der Waals surface area contributed by atoms with E-state index in [-0.39, 0.29) is 13.0 Å². The Hall–Kier alpha value is -1.36. The number of carbonyl (C=O) groups is 1. The first-order valence-corrected chi connectivity index (χ1v) is 5.81. The zero-order valence-electron chi connectivity index (χ0n) is 9.97. The molecule has 1 aromatic heterocycles. The highest BCUT2D eigenvalue weighted by Crippen LogP contribution is 2.01. The van der Waals surface area contributed by atoms with E-state index in [1.165, 1.54) is 17.1 Å². The molecule has 0 amide bonds. The summed E-state index contributed by atoms with van der Waals surface area (Å²) in [5, 5.41) is 0. The maximum absolute atomic E-state index is 13.3. The molecule has 4 nitrogen and oxygen atoms in total. The topological polar surface area (TPSA) is 40.5 Å². The number of halogens is 1. The van der Waals surface area contributed by atoms with Crippen LogP contribution in [0.5, 0.6) is 0 Å². The van der Waals surface area contributed by atoms with E-state index in [9.17, 15) is 9.18 Å². The first-order chi connectivity index (χ1) is 8.24. The van der Waals surface area contributed by atoms with Gasteiger partial charge in [-0.15, -0.1) is 0 Å². The van der Waals surface area contributed by atoms with Gasteiger partial charge in [-0.25, -0.2) is 9.18 Å². The number of alkyl halides is 1. The number of ether oxygens (including phenoxy) is 1. The second kappa shape index (κ2) is 7.84. The normalized spacial score (nSPS) is 12.4. The van der Waals surface area contributed by atoms with Crippen LogP contribution in [0.25, 0.3) is 0 Å². The molecule has 0 radical (unpaired) electrons.